The maximum Gasteiger partial charge on any atom is 0.273 e. The largest absolute Gasteiger partial charge is 0.368 e. The molecular formula is C19H21FN6O2. The molecular weight excluding hydrogens is 363 g/mol. The molecule has 1 aliphatic heterocycles. The van der Waals surface area contributed by atoms with Gasteiger partial charge in [-0.05, 0) is 37.1 Å². The molecule has 3 N–H and O–H groups in total. The van der Waals surface area contributed by atoms with Crippen molar-refractivity contribution in [2.45, 2.75) is 44.2 Å². The van der Waals surface area contributed by atoms with Crippen LogP contribution in [0.15, 0.2) is 41.6 Å². The monoisotopic (exact) mass is 384 g/mol. The van der Waals surface area contributed by atoms with Gasteiger partial charge in [0.05, 0.1) is 17.9 Å². The number of amides is 2. The van der Waals surface area contributed by atoms with Crippen molar-refractivity contribution < 1.29 is 14.0 Å². The second-order valence-electron chi connectivity index (χ2n) is 7.04. The SMILES string of the molecule is NC(=O)C1CC(C(=O)Nc2ccnn2C2CCCC2)=NN1c1ccc(F)cc1. The van der Waals surface area contributed by atoms with Crippen molar-refractivity contribution in [3.05, 3.63) is 42.3 Å². The zero-order valence-corrected chi connectivity index (χ0v) is 15.2. The first-order valence-corrected chi connectivity index (χ1v) is 9.29. The highest BCUT2D eigenvalue weighted by Gasteiger charge is 2.35. The summed E-state index contributed by atoms with van der Waals surface area (Å²) in [5.74, 6) is -0.807. The van der Waals surface area contributed by atoms with Gasteiger partial charge in [0.2, 0.25) is 5.91 Å². The summed E-state index contributed by atoms with van der Waals surface area (Å²) in [5.41, 5.74) is 6.16. The quantitative estimate of drug-likeness (QED) is 0.824. The van der Waals surface area contributed by atoms with Crippen LogP contribution in [0.25, 0.3) is 0 Å². The third kappa shape index (κ3) is 3.47. The third-order valence-corrected chi connectivity index (χ3v) is 5.17. The number of nitrogens with one attached hydrogen (secondary N) is 1. The maximum atomic E-state index is 13.2. The van der Waals surface area contributed by atoms with Crippen LogP contribution >= 0.6 is 0 Å². The molecule has 28 heavy (non-hydrogen) atoms. The third-order valence-electron chi connectivity index (χ3n) is 5.17. The van der Waals surface area contributed by atoms with Crippen molar-refractivity contribution in [1.82, 2.24) is 9.78 Å². The molecule has 1 unspecified atom stereocenters. The fourth-order valence-corrected chi connectivity index (χ4v) is 3.74. The van der Waals surface area contributed by atoms with Gasteiger partial charge in [-0.25, -0.2) is 9.07 Å². The molecule has 1 fully saturated rings. The number of primary amides is 1. The summed E-state index contributed by atoms with van der Waals surface area (Å²) in [4.78, 5) is 24.6. The minimum absolute atomic E-state index is 0.0795. The number of hydrogen-bond donors (Lipinski definition) is 2. The Morgan fingerprint density at radius 2 is 1.86 bits per heavy atom. The highest BCUT2D eigenvalue weighted by molar-refractivity contribution is 6.44. The number of benzene rings is 1. The number of halogens is 1. The van der Waals surface area contributed by atoms with Crippen LogP contribution in [0.2, 0.25) is 0 Å². The second kappa shape index (κ2) is 7.41. The molecule has 1 aliphatic carbocycles. The highest BCUT2D eigenvalue weighted by atomic mass is 19.1. The molecule has 2 aromatic rings. The van der Waals surface area contributed by atoms with Crippen LogP contribution in [0, 0.1) is 5.82 Å². The smallest absolute Gasteiger partial charge is 0.273 e. The van der Waals surface area contributed by atoms with Crippen molar-refractivity contribution in [3.63, 3.8) is 0 Å². The molecule has 1 aromatic carbocycles. The van der Waals surface area contributed by atoms with Crippen LogP contribution < -0.4 is 16.1 Å². The summed E-state index contributed by atoms with van der Waals surface area (Å²) >= 11 is 0. The van der Waals surface area contributed by atoms with E-state index < -0.39 is 23.7 Å². The fraction of sp³-hybridized carbons (Fsp3) is 0.368. The molecule has 2 heterocycles. The molecule has 0 saturated heterocycles. The van der Waals surface area contributed by atoms with Gasteiger partial charge in [-0.15, -0.1) is 0 Å². The van der Waals surface area contributed by atoms with E-state index in [-0.39, 0.29) is 18.2 Å². The minimum atomic E-state index is -0.800. The second-order valence-corrected chi connectivity index (χ2v) is 7.04. The average molecular weight is 384 g/mol. The lowest BCUT2D eigenvalue weighted by molar-refractivity contribution is -0.119. The molecule has 1 saturated carbocycles. The van der Waals surface area contributed by atoms with Crippen molar-refractivity contribution >= 4 is 29.0 Å². The Morgan fingerprint density at radius 3 is 2.54 bits per heavy atom. The fourth-order valence-electron chi connectivity index (χ4n) is 3.74. The Kier molecular flexibility index (Phi) is 4.81. The first-order valence-electron chi connectivity index (χ1n) is 9.29. The molecule has 8 nitrogen and oxygen atoms in total. The van der Waals surface area contributed by atoms with E-state index in [9.17, 15) is 14.0 Å². The summed E-state index contributed by atoms with van der Waals surface area (Å²) in [6.45, 7) is 0. The number of carbonyl (C=O) groups is 2. The van der Waals surface area contributed by atoms with E-state index in [1.165, 1.54) is 29.3 Å². The molecule has 0 radical (unpaired) electrons. The first-order chi connectivity index (χ1) is 13.5. The predicted molar refractivity (Wildman–Crippen MR) is 102 cm³/mol. The molecule has 2 amide bonds. The number of aromatic nitrogens is 2. The van der Waals surface area contributed by atoms with Crippen molar-refractivity contribution in [1.29, 1.82) is 0 Å². The Balaban J connectivity index is 1.54. The maximum absolute atomic E-state index is 13.2. The van der Waals surface area contributed by atoms with Crippen LogP contribution in [0.1, 0.15) is 38.1 Å². The van der Waals surface area contributed by atoms with Gasteiger partial charge >= 0.3 is 0 Å². The highest BCUT2D eigenvalue weighted by Crippen LogP contribution is 2.31. The number of anilines is 2. The Labute approximate surface area is 161 Å². The van der Waals surface area contributed by atoms with Crippen molar-refractivity contribution in [3.8, 4) is 0 Å². The Bertz CT molecular complexity index is 917. The van der Waals surface area contributed by atoms with Crippen LogP contribution in [-0.2, 0) is 9.59 Å². The molecule has 1 atom stereocenters. The van der Waals surface area contributed by atoms with Crippen LogP contribution in [0.3, 0.4) is 0 Å². The summed E-state index contributed by atoms with van der Waals surface area (Å²) < 4.78 is 15.0. The Morgan fingerprint density at radius 1 is 1.14 bits per heavy atom. The lowest BCUT2D eigenvalue weighted by Gasteiger charge is -2.20. The number of hydrazone groups is 1. The number of hydrogen-bond acceptors (Lipinski definition) is 5. The number of nitrogens with zero attached hydrogens (tertiary/aromatic N) is 4. The zero-order chi connectivity index (χ0) is 19.7. The van der Waals surface area contributed by atoms with Gasteiger partial charge in [-0.3, -0.25) is 14.6 Å². The van der Waals surface area contributed by atoms with Gasteiger partial charge < -0.3 is 11.1 Å². The average Bonchev–Trinajstić information content (AvgIpc) is 3.42. The van der Waals surface area contributed by atoms with Gasteiger partial charge in [0.25, 0.3) is 5.91 Å². The first kappa shape index (κ1) is 18.1. The van der Waals surface area contributed by atoms with Crippen LogP contribution in [0.5, 0.6) is 0 Å². The van der Waals surface area contributed by atoms with E-state index >= 15 is 0 Å². The normalized spacial score (nSPS) is 19.7. The van der Waals surface area contributed by atoms with E-state index in [1.54, 1.807) is 12.3 Å². The van der Waals surface area contributed by atoms with Gasteiger partial charge in [0.15, 0.2) is 0 Å². The summed E-state index contributed by atoms with van der Waals surface area (Å²) in [6.07, 6.45) is 6.10. The van der Waals surface area contributed by atoms with Crippen molar-refractivity contribution in [2.75, 3.05) is 10.3 Å². The number of rotatable bonds is 5. The Hall–Kier alpha value is -3.23. The van der Waals surface area contributed by atoms with E-state index in [2.05, 4.69) is 15.5 Å². The molecule has 146 valence electrons. The van der Waals surface area contributed by atoms with Gasteiger partial charge in [0, 0.05) is 12.5 Å². The van der Waals surface area contributed by atoms with E-state index in [1.807, 2.05) is 4.68 Å². The van der Waals surface area contributed by atoms with Gasteiger partial charge in [-0.1, -0.05) is 12.8 Å². The van der Waals surface area contributed by atoms with E-state index in [4.69, 9.17) is 5.73 Å². The summed E-state index contributed by atoms with van der Waals surface area (Å²) in [5, 5.41) is 12.8. The zero-order valence-electron chi connectivity index (χ0n) is 15.2. The topological polar surface area (TPSA) is 106 Å². The molecule has 9 heteroatoms. The molecule has 1 aromatic heterocycles. The predicted octanol–water partition coefficient (Wildman–Crippen LogP) is 2.20. The van der Waals surface area contributed by atoms with E-state index in [0.29, 0.717) is 11.5 Å². The standard InChI is InChI=1S/C19H21FN6O2/c20-12-5-7-14(8-6-12)25-16(18(21)27)11-15(24-25)19(28)23-17-9-10-22-26(17)13-3-1-2-4-13/h5-10,13,16H,1-4,11H2,(H2,21,27)(H,23,28). The molecule has 4 rings (SSSR count). The minimum Gasteiger partial charge on any atom is -0.368 e. The van der Waals surface area contributed by atoms with Gasteiger partial charge in [-0.2, -0.15) is 10.2 Å². The molecule has 0 spiro atoms. The van der Waals surface area contributed by atoms with Gasteiger partial charge in [0.1, 0.15) is 23.4 Å². The number of carbonyl (C=O) groups excluding carboxylic acids is 2. The van der Waals surface area contributed by atoms with Crippen LogP contribution in [0.4, 0.5) is 15.9 Å². The summed E-state index contributed by atoms with van der Waals surface area (Å²) in [6, 6.07) is 6.74. The van der Waals surface area contributed by atoms with Crippen molar-refractivity contribution in [2.24, 2.45) is 10.8 Å². The summed E-state index contributed by atoms with van der Waals surface area (Å²) in [7, 11) is 0. The lowest BCUT2D eigenvalue weighted by atomic mass is 10.1. The molecule has 2 aliphatic rings. The molecule has 0 bridgehead atoms. The van der Waals surface area contributed by atoms with E-state index in [0.717, 1.165) is 25.7 Å². The van der Waals surface area contributed by atoms with Crippen LogP contribution in [-0.4, -0.2) is 33.3 Å². The number of nitrogens with two attached hydrogens (primary N) is 1. The lowest BCUT2D eigenvalue weighted by Crippen LogP contribution is -2.39.